The molecule has 5 heteroatoms. The minimum atomic E-state index is -0.297. The van der Waals surface area contributed by atoms with E-state index >= 15 is 0 Å². The number of rotatable bonds is 5. The number of anilines is 1. The Hall–Kier alpha value is -1.62. The molecule has 0 radical (unpaired) electrons. The van der Waals surface area contributed by atoms with Crippen LogP contribution in [-0.2, 0) is 4.74 Å². The zero-order valence-electron chi connectivity index (χ0n) is 14.4. The number of thiocarbonyl (C=S) groups is 1. The van der Waals surface area contributed by atoms with Crippen molar-refractivity contribution in [3.63, 3.8) is 0 Å². The van der Waals surface area contributed by atoms with Crippen LogP contribution in [0.4, 0.5) is 5.69 Å². The first-order valence-corrected chi connectivity index (χ1v) is 9.32. The first-order chi connectivity index (χ1) is 11.6. The summed E-state index contributed by atoms with van der Waals surface area (Å²) in [7, 11) is 0. The van der Waals surface area contributed by atoms with Crippen LogP contribution in [0.2, 0.25) is 0 Å². The molecule has 3 rings (SSSR count). The van der Waals surface area contributed by atoms with E-state index < -0.39 is 0 Å². The number of ether oxygens (including phenoxy) is 1. The van der Waals surface area contributed by atoms with Gasteiger partial charge in [-0.15, -0.1) is 0 Å². The fourth-order valence-corrected chi connectivity index (χ4v) is 4.60. The van der Waals surface area contributed by atoms with Crippen molar-refractivity contribution in [2.24, 2.45) is 17.8 Å². The second-order valence-corrected chi connectivity index (χ2v) is 7.43. The van der Waals surface area contributed by atoms with Crippen molar-refractivity contribution in [3.8, 4) is 0 Å². The molecule has 2 aliphatic carbocycles. The van der Waals surface area contributed by atoms with Crippen molar-refractivity contribution in [2.45, 2.75) is 45.6 Å². The van der Waals surface area contributed by atoms with Gasteiger partial charge in [0.25, 0.3) is 0 Å². The highest BCUT2D eigenvalue weighted by molar-refractivity contribution is 7.80. The van der Waals surface area contributed by atoms with Gasteiger partial charge >= 0.3 is 5.97 Å². The molecule has 0 saturated heterocycles. The van der Waals surface area contributed by atoms with Crippen molar-refractivity contribution in [1.82, 2.24) is 5.32 Å². The molecule has 1 aromatic carbocycles. The molecule has 0 heterocycles. The Balaban J connectivity index is 1.50. The summed E-state index contributed by atoms with van der Waals surface area (Å²) >= 11 is 5.45. The lowest BCUT2D eigenvalue weighted by atomic mass is 9.84. The number of benzene rings is 1. The van der Waals surface area contributed by atoms with Crippen LogP contribution in [0.15, 0.2) is 24.3 Å². The summed E-state index contributed by atoms with van der Waals surface area (Å²) in [6.07, 6.45) is 5.56. The third-order valence-corrected chi connectivity index (χ3v) is 5.67. The first kappa shape index (κ1) is 17.2. The number of fused-ring (bicyclic) bond motifs is 2. The second-order valence-electron chi connectivity index (χ2n) is 7.02. The maximum atomic E-state index is 11.7. The van der Waals surface area contributed by atoms with E-state index in [1.807, 2.05) is 12.1 Å². The van der Waals surface area contributed by atoms with Gasteiger partial charge in [0.2, 0.25) is 0 Å². The van der Waals surface area contributed by atoms with Crippen molar-refractivity contribution in [3.05, 3.63) is 29.8 Å². The van der Waals surface area contributed by atoms with Gasteiger partial charge in [0.05, 0.1) is 12.2 Å². The molecule has 2 aliphatic rings. The van der Waals surface area contributed by atoms with Crippen LogP contribution >= 0.6 is 12.2 Å². The molecular weight excluding hydrogens is 320 g/mol. The standard InChI is InChI=1S/C19H26N2O2S/c1-3-23-18(22)14-6-8-16(9-7-14)21-19(24)20-12(2)17-11-13-4-5-15(17)10-13/h6-9,12-13,15,17H,3-5,10-11H2,1-2H3,(H2,20,21,24)/t12-,13-,15-,17-/m0/s1. The molecule has 2 fully saturated rings. The number of hydrogen-bond donors (Lipinski definition) is 2. The second kappa shape index (κ2) is 7.51. The lowest BCUT2D eigenvalue weighted by Gasteiger charge is -2.29. The normalized spacial score (nSPS) is 26.0. The van der Waals surface area contributed by atoms with Crippen molar-refractivity contribution in [2.75, 3.05) is 11.9 Å². The summed E-state index contributed by atoms with van der Waals surface area (Å²) in [5.41, 5.74) is 1.43. The summed E-state index contributed by atoms with van der Waals surface area (Å²) < 4.78 is 4.99. The average Bonchev–Trinajstić information content (AvgIpc) is 3.18. The van der Waals surface area contributed by atoms with Gasteiger partial charge in [-0.3, -0.25) is 0 Å². The van der Waals surface area contributed by atoms with Crippen LogP contribution in [0.5, 0.6) is 0 Å². The Bertz CT molecular complexity index is 602. The molecule has 130 valence electrons. The number of nitrogens with one attached hydrogen (secondary N) is 2. The molecular formula is C19H26N2O2S. The third-order valence-electron chi connectivity index (χ3n) is 5.45. The predicted octanol–water partition coefficient (Wildman–Crippen LogP) is 3.97. The molecule has 0 spiro atoms. The van der Waals surface area contributed by atoms with E-state index in [4.69, 9.17) is 17.0 Å². The fraction of sp³-hybridized carbons (Fsp3) is 0.579. The van der Waals surface area contributed by atoms with Crippen LogP contribution in [0.1, 0.15) is 49.9 Å². The van der Waals surface area contributed by atoms with E-state index in [0.717, 1.165) is 23.4 Å². The molecule has 4 atom stereocenters. The average molecular weight is 346 g/mol. The molecule has 2 saturated carbocycles. The van der Waals surface area contributed by atoms with Gasteiger partial charge in [0.15, 0.2) is 5.11 Å². The highest BCUT2D eigenvalue weighted by atomic mass is 32.1. The van der Waals surface area contributed by atoms with E-state index in [9.17, 15) is 4.79 Å². The van der Waals surface area contributed by atoms with Gasteiger partial charge in [-0.1, -0.05) is 6.42 Å². The number of esters is 1. The molecule has 0 aromatic heterocycles. The number of hydrogen-bond acceptors (Lipinski definition) is 3. The number of carbonyl (C=O) groups excluding carboxylic acids is 1. The summed E-state index contributed by atoms with van der Waals surface area (Å²) in [5.74, 6) is 2.27. The zero-order chi connectivity index (χ0) is 17.1. The van der Waals surface area contributed by atoms with E-state index in [2.05, 4.69) is 17.6 Å². The third kappa shape index (κ3) is 3.89. The highest BCUT2D eigenvalue weighted by Gasteiger charge is 2.41. The van der Waals surface area contributed by atoms with Crippen LogP contribution in [0.25, 0.3) is 0 Å². The molecule has 2 bridgehead atoms. The summed E-state index contributed by atoms with van der Waals surface area (Å²) in [5, 5.41) is 7.30. The largest absolute Gasteiger partial charge is 0.462 e. The molecule has 0 amide bonds. The quantitative estimate of drug-likeness (QED) is 0.624. The molecule has 0 unspecified atom stereocenters. The molecule has 24 heavy (non-hydrogen) atoms. The highest BCUT2D eigenvalue weighted by Crippen LogP contribution is 2.49. The van der Waals surface area contributed by atoms with Gasteiger partial charge in [0.1, 0.15) is 0 Å². The van der Waals surface area contributed by atoms with Crippen LogP contribution in [-0.4, -0.2) is 23.7 Å². The zero-order valence-corrected chi connectivity index (χ0v) is 15.2. The van der Waals surface area contributed by atoms with E-state index in [0.29, 0.717) is 23.3 Å². The Morgan fingerprint density at radius 3 is 2.62 bits per heavy atom. The van der Waals surface area contributed by atoms with E-state index in [1.165, 1.54) is 25.7 Å². The van der Waals surface area contributed by atoms with E-state index in [-0.39, 0.29) is 5.97 Å². The summed E-state index contributed by atoms with van der Waals surface area (Å²) in [4.78, 5) is 11.7. The molecule has 0 aliphatic heterocycles. The monoisotopic (exact) mass is 346 g/mol. The SMILES string of the molecule is CCOC(=O)c1ccc(NC(=S)N[C@@H](C)[C@@H]2C[C@H]3CC[C@H]2C3)cc1. The van der Waals surface area contributed by atoms with Crippen LogP contribution in [0, 0.1) is 17.8 Å². The molecule has 1 aromatic rings. The van der Waals surface area contributed by atoms with Gasteiger partial charge < -0.3 is 15.4 Å². The maximum absolute atomic E-state index is 11.7. The summed E-state index contributed by atoms with van der Waals surface area (Å²) in [6.45, 7) is 4.42. The minimum absolute atomic E-state index is 0.297. The predicted molar refractivity (Wildman–Crippen MR) is 100 cm³/mol. The van der Waals surface area contributed by atoms with Gasteiger partial charge in [-0.2, -0.15) is 0 Å². The minimum Gasteiger partial charge on any atom is -0.462 e. The van der Waals surface area contributed by atoms with Crippen LogP contribution in [0.3, 0.4) is 0 Å². The Labute approximate surface area is 149 Å². The molecule has 2 N–H and O–H groups in total. The Kier molecular flexibility index (Phi) is 5.39. The lowest BCUT2D eigenvalue weighted by molar-refractivity contribution is 0.0526. The van der Waals surface area contributed by atoms with Crippen molar-refractivity contribution < 1.29 is 9.53 Å². The molecule has 4 nitrogen and oxygen atoms in total. The first-order valence-electron chi connectivity index (χ1n) is 8.91. The van der Waals surface area contributed by atoms with Gasteiger partial charge in [0, 0.05) is 11.7 Å². The van der Waals surface area contributed by atoms with Crippen molar-refractivity contribution >= 4 is 29.0 Å². The van der Waals surface area contributed by atoms with Crippen molar-refractivity contribution in [1.29, 1.82) is 0 Å². The topological polar surface area (TPSA) is 50.4 Å². The van der Waals surface area contributed by atoms with Gasteiger partial charge in [-0.05, 0) is 87.3 Å². The van der Waals surface area contributed by atoms with E-state index in [1.54, 1.807) is 19.1 Å². The Morgan fingerprint density at radius 1 is 1.29 bits per heavy atom. The summed E-state index contributed by atoms with van der Waals surface area (Å²) in [6, 6.07) is 7.61. The number of carbonyl (C=O) groups is 1. The lowest BCUT2D eigenvalue weighted by Crippen LogP contribution is -2.42. The maximum Gasteiger partial charge on any atom is 0.338 e. The van der Waals surface area contributed by atoms with Crippen LogP contribution < -0.4 is 10.6 Å². The van der Waals surface area contributed by atoms with Gasteiger partial charge in [-0.25, -0.2) is 4.79 Å². The smallest absolute Gasteiger partial charge is 0.338 e. The Morgan fingerprint density at radius 2 is 2.04 bits per heavy atom. The fourth-order valence-electron chi connectivity index (χ4n) is 4.29.